The third kappa shape index (κ3) is 5.62. The van der Waals surface area contributed by atoms with Gasteiger partial charge in [0.25, 0.3) is 0 Å². The Morgan fingerprint density at radius 2 is 1.63 bits per heavy atom. The molecule has 0 bridgehead atoms. The van der Waals surface area contributed by atoms with Gasteiger partial charge < -0.3 is 9.47 Å². The second kappa shape index (κ2) is 9.22. The van der Waals surface area contributed by atoms with Gasteiger partial charge in [-0.2, -0.15) is 0 Å². The van der Waals surface area contributed by atoms with Gasteiger partial charge in [0.05, 0.1) is 6.61 Å². The standard InChI is InChI=1S/C16H23NO2/c1-4-11-17(12-5-2)13-14-19-16-10-8-7-9-15(16)18-6-3/h4-5,7-10H,1-2,6,11-14H2,3H3. The van der Waals surface area contributed by atoms with Crippen molar-refractivity contribution in [3.8, 4) is 11.5 Å². The number of benzene rings is 1. The van der Waals surface area contributed by atoms with E-state index in [-0.39, 0.29) is 0 Å². The second-order valence-electron chi connectivity index (χ2n) is 4.07. The molecule has 0 aliphatic heterocycles. The lowest BCUT2D eigenvalue weighted by Crippen LogP contribution is -2.28. The third-order valence-corrected chi connectivity index (χ3v) is 2.59. The maximum atomic E-state index is 5.78. The molecule has 0 amide bonds. The van der Waals surface area contributed by atoms with E-state index in [1.165, 1.54) is 0 Å². The summed E-state index contributed by atoms with van der Waals surface area (Å²) in [6.07, 6.45) is 3.77. The molecular weight excluding hydrogens is 238 g/mol. The van der Waals surface area contributed by atoms with Crippen LogP contribution in [0.2, 0.25) is 0 Å². The zero-order valence-corrected chi connectivity index (χ0v) is 11.7. The van der Waals surface area contributed by atoms with Crippen LogP contribution in [0.25, 0.3) is 0 Å². The van der Waals surface area contributed by atoms with Gasteiger partial charge in [0.1, 0.15) is 6.61 Å². The fourth-order valence-electron chi connectivity index (χ4n) is 1.75. The van der Waals surface area contributed by atoms with E-state index in [2.05, 4.69) is 18.1 Å². The summed E-state index contributed by atoms with van der Waals surface area (Å²) in [4.78, 5) is 2.21. The minimum Gasteiger partial charge on any atom is -0.490 e. The van der Waals surface area contributed by atoms with E-state index in [1.54, 1.807) is 0 Å². The molecule has 104 valence electrons. The highest BCUT2D eigenvalue weighted by molar-refractivity contribution is 5.39. The molecule has 0 aromatic heterocycles. The Labute approximate surface area is 116 Å². The lowest BCUT2D eigenvalue weighted by molar-refractivity contribution is 0.225. The van der Waals surface area contributed by atoms with Crippen molar-refractivity contribution >= 4 is 0 Å². The summed E-state index contributed by atoms with van der Waals surface area (Å²) in [6.45, 7) is 13.2. The predicted octanol–water partition coefficient (Wildman–Crippen LogP) is 3.14. The van der Waals surface area contributed by atoms with Crippen molar-refractivity contribution in [3.05, 3.63) is 49.6 Å². The van der Waals surface area contributed by atoms with Gasteiger partial charge in [0.2, 0.25) is 0 Å². The quantitative estimate of drug-likeness (QED) is 0.604. The average molecular weight is 261 g/mol. The topological polar surface area (TPSA) is 21.7 Å². The zero-order chi connectivity index (χ0) is 13.9. The van der Waals surface area contributed by atoms with E-state index in [1.807, 2.05) is 43.3 Å². The van der Waals surface area contributed by atoms with E-state index in [4.69, 9.17) is 9.47 Å². The molecule has 0 heterocycles. The van der Waals surface area contributed by atoms with Crippen molar-refractivity contribution < 1.29 is 9.47 Å². The summed E-state index contributed by atoms with van der Waals surface area (Å²) in [5, 5.41) is 0. The Bertz CT molecular complexity index is 380. The SMILES string of the molecule is C=CCN(CC=C)CCOc1ccccc1OCC. The first kappa shape index (κ1) is 15.3. The molecule has 0 radical (unpaired) electrons. The van der Waals surface area contributed by atoms with Crippen molar-refractivity contribution in [1.82, 2.24) is 4.90 Å². The highest BCUT2D eigenvalue weighted by atomic mass is 16.5. The molecule has 19 heavy (non-hydrogen) atoms. The normalized spacial score (nSPS) is 10.2. The van der Waals surface area contributed by atoms with Gasteiger partial charge in [-0.05, 0) is 19.1 Å². The summed E-state index contributed by atoms with van der Waals surface area (Å²) in [5.74, 6) is 1.59. The molecule has 1 aromatic rings. The number of para-hydroxylation sites is 2. The Morgan fingerprint density at radius 1 is 1.05 bits per heavy atom. The van der Waals surface area contributed by atoms with Crippen LogP contribution in [0.4, 0.5) is 0 Å². The van der Waals surface area contributed by atoms with Gasteiger partial charge in [0.15, 0.2) is 11.5 Å². The van der Waals surface area contributed by atoms with Crippen LogP contribution in [0.5, 0.6) is 11.5 Å². The van der Waals surface area contributed by atoms with E-state index in [0.717, 1.165) is 31.1 Å². The third-order valence-electron chi connectivity index (χ3n) is 2.59. The van der Waals surface area contributed by atoms with Crippen LogP contribution in [0.3, 0.4) is 0 Å². The van der Waals surface area contributed by atoms with E-state index in [0.29, 0.717) is 13.2 Å². The Hall–Kier alpha value is -1.74. The minimum absolute atomic E-state index is 0.617. The molecule has 0 N–H and O–H groups in total. The van der Waals surface area contributed by atoms with Crippen LogP contribution in [0.15, 0.2) is 49.6 Å². The first-order valence-electron chi connectivity index (χ1n) is 6.60. The Kier molecular flexibility index (Phi) is 7.44. The fraction of sp³-hybridized carbons (Fsp3) is 0.375. The van der Waals surface area contributed by atoms with Crippen molar-refractivity contribution in [2.24, 2.45) is 0 Å². The number of nitrogens with zero attached hydrogens (tertiary/aromatic N) is 1. The molecule has 3 heteroatoms. The number of hydrogen-bond donors (Lipinski definition) is 0. The predicted molar refractivity (Wildman–Crippen MR) is 79.9 cm³/mol. The van der Waals surface area contributed by atoms with Gasteiger partial charge >= 0.3 is 0 Å². The van der Waals surface area contributed by atoms with Crippen LogP contribution in [0, 0.1) is 0 Å². The molecule has 0 aliphatic carbocycles. The molecule has 3 nitrogen and oxygen atoms in total. The Morgan fingerprint density at radius 3 is 2.16 bits per heavy atom. The summed E-state index contributed by atoms with van der Waals surface area (Å²) in [6, 6.07) is 7.74. The molecule has 1 aromatic carbocycles. The van der Waals surface area contributed by atoms with Gasteiger partial charge in [0, 0.05) is 19.6 Å². The van der Waals surface area contributed by atoms with Crippen molar-refractivity contribution in [2.45, 2.75) is 6.92 Å². The largest absolute Gasteiger partial charge is 0.490 e. The maximum Gasteiger partial charge on any atom is 0.161 e. The molecule has 0 atom stereocenters. The lowest BCUT2D eigenvalue weighted by atomic mass is 10.3. The first-order valence-corrected chi connectivity index (χ1v) is 6.60. The molecule has 0 saturated carbocycles. The first-order chi connectivity index (χ1) is 9.31. The van der Waals surface area contributed by atoms with Crippen molar-refractivity contribution in [1.29, 1.82) is 0 Å². The van der Waals surface area contributed by atoms with Crippen LogP contribution < -0.4 is 9.47 Å². The molecule has 1 rings (SSSR count). The number of ether oxygens (including phenoxy) is 2. The molecule has 0 unspecified atom stereocenters. The Balaban J connectivity index is 2.47. The molecular formula is C16H23NO2. The summed E-state index contributed by atoms with van der Waals surface area (Å²) in [5.41, 5.74) is 0. The fourth-order valence-corrected chi connectivity index (χ4v) is 1.75. The van der Waals surface area contributed by atoms with Gasteiger partial charge in [-0.1, -0.05) is 24.3 Å². The monoisotopic (exact) mass is 261 g/mol. The van der Waals surface area contributed by atoms with Gasteiger partial charge in [-0.15, -0.1) is 13.2 Å². The molecule has 0 aliphatic rings. The smallest absolute Gasteiger partial charge is 0.161 e. The van der Waals surface area contributed by atoms with Crippen molar-refractivity contribution in [2.75, 3.05) is 32.8 Å². The van der Waals surface area contributed by atoms with Crippen molar-refractivity contribution in [3.63, 3.8) is 0 Å². The lowest BCUT2D eigenvalue weighted by Gasteiger charge is -2.19. The highest BCUT2D eigenvalue weighted by Crippen LogP contribution is 2.26. The summed E-state index contributed by atoms with van der Waals surface area (Å²) < 4.78 is 11.3. The number of rotatable bonds is 10. The summed E-state index contributed by atoms with van der Waals surface area (Å²) >= 11 is 0. The molecule has 0 saturated heterocycles. The van der Waals surface area contributed by atoms with Crippen LogP contribution in [0.1, 0.15) is 6.92 Å². The van der Waals surface area contributed by atoms with E-state index < -0.39 is 0 Å². The maximum absolute atomic E-state index is 5.78. The van der Waals surface area contributed by atoms with Crippen LogP contribution in [-0.2, 0) is 0 Å². The summed E-state index contributed by atoms with van der Waals surface area (Å²) in [7, 11) is 0. The molecule has 0 fully saturated rings. The van der Waals surface area contributed by atoms with Gasteiger partial charge in [-0.25, -0.2) is 0 Å². The van der Waals surface area contributed by atoms with E-state index in [9.17, 15) is 0 Å². The zero-order valence-electron chi connectivity index (χ0n) is 11.7. The minimum atomic E-state index is 0.617. The van der Waals surface area contributed by atoms with E-state index >= 15 is 0 Å². The van der Waals surface area contributed by atoms with Crippen LogP contribution in [-0.4, -0.2) is 37.7 Å². The second-order valence-corrected chi connectivity index (χ2v) is 4.07. The van der Waals surface area contributed by atoms with Crippen LogP contribution >= 0.6 is 0 Å². The van der Waals surface area contributed by atoms with Gasteiger partial charge in [-0.3, -0.25) is 4.90 Å². The molecule has 0 spiro atoms. The average Bonchev–Trinajstić information content (AvgIpc) is 2.41. The highest BCUT2D eigenvalue weighted by Gasteiger charge is 2.05. The number of hydrogen-bond acceptors (Lipinski definition) is 3.